The van der Waals surface area contributed by atoms with Crippen LogP contribution in [0.4, 0.5) is 10.2 Å². The van der Waals surface area contributed by atoms with Gasteiger partial charge >= 0.3 is 5.69 Å². The van der Waals surface area contributed by atoms with Crippen LogP contribution in [-0.2, 0) is 13.1 Å². The molecule has 8 nitrogen and oxygen atoms in total. The van der Waals surface area contributed by atoms with Crippen molar-refractivity contribution in [2.75, 3.05) is 12.4 Å². The molecule has 1 amide bonds. The molecule has 4 rings (SSSR count). The number of fused-ring (bicyclic) bond motifs is 1. The van der Waals surface area contributed by atoms with E-state index in [-0.39, 0.29) is 19.0 Å². The van der Waals surface area contributed by atoms with Crippen LogP contribution in [0.25, 0.3) is 4.83 Å². The molecule has 164 valence electrons. The number of hydrogen-bond acceptors (Lipinski definition) is 6. The van der Waals surface area contributed by atoms with E-state index < -0.39 is 17.1 Å². The van der Waals surface area contributed by atoms with Gasteiger partial charge in [-0.2, -0.15) is 0 Å². The number of anilines is 1. The van der Waals surface area contributed by atoms with E-state index in [9.17, 15) is 18.8 Å². The summed E-state index contributed by atoms with van der Waals surface area (Å²) in [6.45, 7) is 1.91. The summed E-state index contributed by atoms with van der Waals surface area (Å²) < 4.78 is 15.6. The molecule has 1 aromatic carbocycles. The van der Waals surface area contributed by atoms with Crippen molar-refractivity contribution in [2.24, 2.45) is 0 Å². The molecule has 0 radical (unpaired) electrons. The summed E-state index contributed by atoms with van der Waals surface area (Å²) in [6.07, 6.45) is 3.09. The predicted molar refractivity (Wildman–Crippen MR) is 121 cm³/mol. The first kappa shape index (κ1) is 21.4. The van der Waals surface area contributed by atoms with Gasteiger partial charge in [-0.05, 0) is 42.3 Å². The Bertz CT molecular complexity index is 1420. The van der Waals surface area contributed by atoms with Gasteiger partial charge in [-0.3, -0.25) is 18.6 Å². The number of hydrogen-bond donors (Lipinski definition) is 2. The van der Waals surface area contributed by atoms with Crippen molar-refractivity contribution in [1.82, 2.24) is 19.3 Å². The summed E-state index contributed by atoms with van der Waals surface area (Å²) in [4.78, 5) is 43.3. The van der Waals surface area contributed by atoms with Gasteiger partial charge in [0.15, 0.2) is 0 Å². The molecule has 0 saturated heterocycles. The second-order valence-electron chi connectivity index (χ2n) is 7.18. The molecule has 0 spiro atoms. The third-order valence-corrected chi connectivity index (χ3v) is 6.21. The van der Waals surface area contributed by atoms with Crippen molar-refractivity contribution in [1.29, 1.82) is 0 Å². The van der Waals surface area contributed by atoms with Crippen LogP contribution < -0.4 is 21.9 Å². The third-order valence-electron chi connectivity index (χ3n) is 5.01. The molecule has 0 bridgehead atoms. The number of halogens is 1. The fraction of sp³-hybridized carbons (Fsp3) is 0.182. The average Bonchev–Trinajstić information content (AvgIpc) is 3.26. The molecule has 0 saturated carbocycles. The van der Waals surface area contributed by atoms with Crippen molar-refractivity contribution in [3.8, 4) is 0 Å². The van der Waals surface area contributed by atoms with Crippen LogP contribution in [0, 0.1) is 12.7 Å². The predicted octanol–water partition coefficient (Wildman–Crippen LogP) is 2.39. The molecule has 10 heteroatoms. The summed E-state index contributed by atoms with van der Waals surface area (Å²) >= 11 is 1.08. The van der Waals surface area contributed by atoms with Crippen molar-refractivity contribution in [3.05, 3.63) is 97.0 Å². The summed E-state index contributed by atoms with van der Waals surface area (Å²) in [5.41, 5.74) is 0.860. The number of carbonyl (C=O) groups excluding carboxylic acids is 1. The number of benzene rings is 1. The molecular weight excluding hydrogens is 433 g/mol. The van der Waals surface area contributed by atoms with Gasteiger partial charge in [-0.25, -0.2) is 14.2 Å². The van der Waals surface area contributed by atoms with E-state index in [1.54, 1.807) is 26.2 Å². The Morgan fingerprint density at radius 2 is 1.91 bits per heavy atom. The van der Waals surface area contributed by atoms with Crippen LogP contribution in [-0.4, -0.2) is 26.9 Å². The number of aromatic nitrogens is 3. The topological polar surface area (TPSA) is 97.5 Å². The van der Waals surface area contributed by atoms with Gasteiger partial charge in [0.2, 0.25) is 0 Å². The lowest BCUT2D eigenvalue weighted by molar-refractivity contribution is 0.0954. The first-order valence-electron chi connectivity index (χ1n) is 9.78. The molecule has 0 aliphatic heterocycles. The molecule has 3 aromatic heterocycles. The van der Waals surface area contributed by atoms with E-state index in [0.29, 0.717) is 26.7 Å². The zero-order valence-electron chi connectivity index (χ0n) is 17.4. The number of carbonyl (C=O) groups is 1. The van der Waals surface area contributed by atoms with Crippen LogP contribution in [0.15, 0.2) is 58.4 Å². The fourth-order valence-corrected chi connectivity index (χ4v) is 4.27. The summed E-state index contributed by atoms with van der Waals surface area (Å²) in [5.74, 6) is -0.0563. The van der Waals surface area contributed by atoms with E-state index in [0.717, 1.165) is 21.5 Å². The molecule has 3 heterocycles. The molecule has 0 aliphatic rings. The molecule has 0 atom stereocenters. The number of thiazole rings is 1. The Balaban J connectivity index is 1.63. The van der Waals surface area contributed by atoms with Crippen molar-refractivity contribution < 1.29 is 9.18 Å². The minimum absolute atomic E-state index is 0.00887. The first-order chi connectivity index (χ1) is 15.4. The van der Waals surface area contributed by atoms with Gasteiger partial charge in [0, 0.05) is 31.5 Å². The maximum Gasteiger partial charge on any atom is 0.336 e. The zero-order valence-corrected chi connectivity index (χ0v) is 18.2. The largest absolute Gasteiger partial charge is 0.373 e. The Morgan fingerprint density at radius 1 is 1.16 bits per heavy atom. The highest BCUT2D eigenvalue weighted by atomic mass is 32.1. The van der Waals surface area contributed by atoms with Gasteiger partial charge in [0.05, 0.1) is 6.54 Å². The lowest BCUT2D eigenvalue weighted by Gasteiger charge is -2.07. The van der Waals surface area contributed by atoms with Crippen molar-refractivity contribution in [2.45, 2.75) is 20.0 Å². The standard InChI is InChI=1S/C22H20FN5O3S/c1-13-20(30)27(11-14-3-5-16(23)6-4-14)22(31)28-12-17(32-21(13)28)19(29)26-10-15-7-8-25-18(9-15)24-2/h3-9,12H,10-11H2,1-2H3,(H,24,25)(H,26,29). The van der Waals surface area contributed by atoms with Crippen molar-refractivity contribution in [3.63, 3.8) is 0 Å². The maximum absolute atomic E-state index is 13.2. The van der Waals surface area contributed by atoms with Crippen LogP contribution >= 0.6 is 11.3 Å². The van der Waals surface area contributed by atoms with E-state index in [1.807, 2.05) is 6.07 Å². The van der Waals surface area contributed by atoms with Gasteiger partial charge in [-0.1, -0.05) is 12.1 Å². The van der Waals surface area contributed by atoms with Crippen LogP contribution in [0.3, 0.4) is 0 Å². The number of amides is 1. The molecule has 0 unspecified atom stereocenters. The fourth-order valence-electron chi connectivity index (χ4n) is 3.27. The quantitative estimate of drug-likeness (QED) is 0.467. The number of aryl methyl sites for hydroxylation is 1. The maximum atomic E-state index is 13.2. The molecule has 4 aromatic rings. The van der Waals surface area contributed by atoms with Gasteiger partial charge < -0.3 is 10.6 Å². The zero-order chi connectivity index (χ0) is 22.8. The van der Waals surface area contributed by atoms with Gasteiger partial charge in [0.25, 0.3) is 11.5 Å². The summed E-state index contributed by atoms with van der Waals surface area (Å²) in [5, 5.41) is 5.76. The van der Waals surface area contributed by atoms with E-state index >= 15 is 0 Å². The van der Waals surface area contributed by atoms with Crippen LogP contribution in [0.2, 0.25) is 0 Å². The highest BCUT2D eigenvalue weighted by Crippen LogP contribution is 2.18. The van der Waals surface area contributed by atoms with E-state index in [1.165, 1.54) is 34.9 Å². The Labute approximate surface area is 186 Å². The average molecular weight is 453 g/mol. The van der Waals surface area contributed by atoms with Gasteiger partial charge in [0.1, 0.15) is 21.3 Å². The smallest absolute Gasteiger partial charge is 0.336 e. The molecule has 0 aliphatic carbocycles. The third kappa shape index (κ3) is 4.17. The second-order valence-corrected chi connectivity index (χ2v) is 8.21. The number of nitrogens with zero attached hydrogens (tertiary/aromatic N) is 3. The van der Waals surface area contributed by atoms with Crippen molar-refractivity contribution >= 4 is 27.9 Å². The highest BCUT2D eigenvalue weighted by molar-refractivity contribution is 7.19. The SMILES string of the molecule is CNc1cc(CNC(=O)c2cn3c(=O)n(Cc4ccc(F)cc4)c(=O)c(C)c3s2)ccn1. The van der Waals surface area contributed by atoms with Crippen LogP contribution in [0.5, 0.6) is 0 Å². The second kappa shape index (κ2) is 8.75. The summed E-state index contributed by atoms with van der Waals surface area (Å²) in [7, 11) is 1.76. The molecule has 2 N–H and O–H groups in total. The number of pyridine rings is 1. The minimum atomic E-state index is -0.553. The van der Waals surface area contributed by atoms with Gasteiger partial charge in [-0.15, -0.1) is 11.3 Å². The normalized spacial score (nSPS) is 11.0. The Hall–Kier alpha value is -3.79. The number of nitrogens with one attached hydrogen (secondary N) is 2. The monoisotopic (exact) mass is 453 g/mol. The van der Waals surface area contributed by atoms with E-state index in [2.05, 4.69) is 15.6 Å². The first-order valence-corrected chi connectivity index (χ1v) is 10.6. The Kier molecular flexibility index (Phi) is 5.87. The lowest BCUT2D eigenvalue weighted by atomic mass is 10.2. The molecule has 0 fully saturated rings. The number of rotatable bonds is 6. The summed E-state index contributed by atoms with van der Waals surface area (Å²) in [6, 6.07) is 9.22. The molecular formula is C22H20FN5O3S. The highest BCUT2D eigenvalue weighted by Gasteiger charge is 2.17. The Morgan fingerprint density at radius 3 is 2.62 bits per heavy atom. The minimum Gasteiger partial charge on any atom is -0.373 e. The van der Waals surface area contributed by atoms with Crippen LogP contribution in [0.1, 0.15) is 26.4 Å². The van der Waals surface area contributed by atoms with E-state index in [4.69, 9.17) is 0 Å². The lowest BCUT2D eigenvalue weighted by Crippen LogP contribution is -2.38. The molecule has 32 heavy (non-hydrogen) atoms.